The number of nitrogens with two attached hydrogens (primary N) is 5. The smallest absolute Gasteiger partial charge is 0.0555 e. The Morgan fingerprint density at radius 2 is 0.531 bits per heavy atom. The first-order valence-corrected chi connectivity index (χ1v) is 22.2. The van der Waals surface area contributed by atoms with E-state index in [2.05, 4.69) is 13.8 Å². The molecule has 0 spiro atoms. The van der Waals surface area contributed by atoms with E-state index in [4.69, 9.17) is 28.7 Å². The standard InChI is InChI=1S/C43H93N5O/c1-3-5-18-28-38(44)29-19-10-6-11-20-30-39(45)31-21-12-7-13-22-32-40(46)33-23-14-8-15-24-34-41(47)35-25-16-9-17-26-36-43(49)37-42(48)27-4-2/h38-43,49H,3-37,44-48H2,1-2H3. The average molecular weight is 696 g/mol. The molecule has 0 amide bonds. The SMILES string of the molecule is CCCCCC(N)CCCCCCCC(N)CCCCCCCC(N)CCCCCCCC(N)CCCCCCCC(O)CC(N)CCC. The Kier molecular flexibility index (Phi) is 37.3. The Morgan fingerprint density at radius 1 is 0.286 bits per heavy atom. The number of aliphatic hydroxyl groups is 1. The van der Waals surface area contributed by atoms with Gasteiger partial charge >= 0.3 is 0 Å². The zero-order valence-corrected chi connectivity index (χ0v) is 33.5. The molecule has 0 aliphatic rings. The fraction of sp³-hybridized carbons (Fsp3) is 1.00. The van der Waals surface area contributed by atoms with Crippen molar-refractivity contribution < 1.29 is 5.11 Å². The van der Waals surface area contributed by atoms with E-state index in [0.717, 1.165) is 38.5 Å². The van der Waals surface area contributed by atoms with Crippen LogP contribution >= 0.6 is 0 Å². The van der Waals surface area contributed by atoms with Gasteiger partial charge in [-0.1, -0.05) is 168 Å². The Bertz CT molecular complexity index is 637. The van der Waals surface area contributed by atoms with Gasteiger partial charge in [-0.2, -0.15) is 0 Å². The minimum Gasteiger partial charge on any atom is -0.393 e. The maximum Gasteiger partial charge on any atom is 0.0555 e. The fourth-order valence-electron chi connectivity index (χ4n) is 7.54. The molecule has 6 atom stereocenters. The second kappa shape index (κ2) is 37.5. The Balaban J connectivity index is 3.40. The van der Waals surface area contributed by atoms with Gasteiger partial charge in [-0.05, 0) is 70.6 Å². The number of rotatable bonds is 40. The molecular formula is C43H93N5O. The second-order valence-electron chi connectivity index (χ2n) is 16.4. The third kappa shape index (κ3) is 37.3. The molecule has 0 saturated carbocycles. The minimum atomic E-state index is -0.219. The van der Waals surface area contributed by atoms with Crippen LogP contribution < -0.4 is 28.7 Å². The fourth-order valence-corrected chi connectivity index (χ4v) is 7.54. The van der Waals surface area contributed by atoms with Gasteiger partial charge in [-0.25, -0.2) is 0 Å². The van der Waals surface area contributed by atoms with Crippen LogP contribution in [0.25, 0.3) is 0 Å². The van der Waals surface area contributed by atoms with Crippen LogP contribution in [0.4, 0.5) is 0 Å². The molecular weight excluding hydrogens is 603 g/mol. The molecule has 6 unspecified atom stereocenters. The van der Waals surface area contributed by atoms with E-state index >= 15 is 0 Å². The summed E-state index contributed by atoms with van der Waals surface area (Å²) >= 11 is 0. The normalized spacial score (nSPS) is 15.7. The number of hydrogen-bond acceptors (Lipinski definition) is 6. The monoisotopic (exact) mass is 696 g/mol. The predicted octanol–water partition coefficient (Wildman–Crippen LogP) is 10.7. The lowest BCUT2D eigenvalue weighted by atomic mass is 9.98. The molecule has 0 fully saturated rings. The molecule has 6 heteroatoms. The Hall–Kier alpha value is -0.240. The summed E-state index contributed by atoms with van der Waals surface area (Å²) in [4.78, 5) is 0. The van der Waals surface area contributed by atoms with E-state index in [0.29, 0.717) is 24.2 Å². The first-order chi connectivity index (χ1) is 23.8. The minimum absolute atomic E-state index is 0.160. The first kappa shape index (κ1) is 48.8. The van der Waals surface area contributed by atoms with Crippen LogP contribution in [0.15, 0.2) is 0 Å². The summed E-state index contributed by atoms with van der Waals surface area (Å²) in [5.41, 5.74) is 31.5. The molecule has 0 saturated heterocycles. The highest BCUT2D eigenvalue weighted by Crippen LogP contribution is 2.17. The van der Waals surface area contributed by atoms with E-state index in [1.54, 1.807) is 0 Å². The van der Waals surface area contributed by atoms with Crippen LogP contribution in [0.3, 0.4) is 0 Å². The van der Waals surface area contributed by atoms with Gasteiger partial charge in [-0.3, -0.25) is 0 Å². The van der Waals surface area contributed by atoms with Crippen molar-refractivity contribution in [1.29, 1.82) is 0 Å². The molecule has 0 aliphatic heterocycles. The Labute approximate surface area is 308 Å². The molecule has 0 radical (unpaired) electrons. The molecule has 0 aromatic rings. The molecule has 0 bridgehead atoms. The van der Waals surface area contributed by atoms with E-state index in [1.807, 2.05) is 0 Å². The van der Waals surface area contributed by atoms with Crippen molar-refractivity contribution >= 4 is 0 Å². The van der Waals surface area contributed by atoms with Crippen molar-refractivity contribution in [3.05, 3.63) is 0 Å². The first-order valence-electron chi connectivity index (χ1n) is 22.2. The molecule has 0 aromatic carbocycles. The molecule has 0 heterocycles. The Morgan fingerprint density at radius 3 is 0.796 bits per heavy atom. The molecule has 0 aromatic heterocycles. The summed E-state index contributed by atoms with van der Waals surface area (Å²) in [6.07, 6.45) is 42.7. The van der Waals surface area contributed by atoms with Crippen molar-refractivity contribution in [2.45, 2.75) is 275 Å². The van der Waals surface area contributed by atoms with Crippen molar-refractivity contribution in [3.63, 3.8) is 0 Å². The summed E-state index contributed by atoms with van der Waals surface area (Å²) in [7, 11) is 0. The third-order valence-corrected chi connectivity index (χ3v) is 11.0. The lowest BCUT2D eigenvalue weighted by Crippen LogP contribution is -2.25. The summed E-state index contributed by atoms with van der Waals surface area (Å²) < 4.78 is 0. The van der Waals surface area contributed by atoms with Crippen LogP contribution in [-0.2, 0) is 0 Å². The van der Waals surface area contributed by atoms with Crippen molar-refractivity contribution in [2.75, 3.05) is 0 Å². The summed E-state index contributed by atoms with van der Waals surface area (Å²) in [6, 6.07) is 1.74. The van der Waals surface area contributed by atoms with Crippen LogP contribution in [0.2, 0.25) is 0 Å². The zero-order valence-electron chi connectivity index (χ0n) is 33.5. The van der Waals surface area contributed by atoms with E-state index in [-0.39, 0.29) is 12.1 Å². The predicted molar refractivity (Wildman–Crippen MR) is 219 cm³/mol. The van der Waals surface area contributed by atoms with Gasteiger partial charge in [0.1, 0.15) is 0 Å². The van der Waals surface area contributed by atoms with Gasteiger partial charge in [0.05, 0.1) is 6.10 Å². The van der Waals surface area contributed by atoms with Crippen molar-refractivity contribution in [1.82, 2.24) is 0 Å². The largest absolute Gasteiger partial charge is 0.393 e. The molecule has 6 nitrogen and oxygen atoms in total. The van der Waals surface area contributed by atoms with Crippen LogP contribution in [0.1, 0.15) is 239 Å². The van der Waals surface area contributed by atoms with Crippen molar-refractivity contribution in [3.8, 4) is 0 Å². The lowest BCUT2D eigenvalue weighted by molar-refractivity contribution is 0.141. The average Bonchev–Trinajstić information content (AvgIpc) is 3.06. The molecule has 0 rings (SSSR count). The number of hydrogen-bond donors (Lipinski definition) is 6. The van der Waals surface area contributed by atoms with Gasteiger partial charge in [0.15, 0.2) is 0 Å². The third-order valence-electron chi connectivity index (χ3n) is 11.0. The van der Waals surface area contributed by atoms with Gasteiger partial charge in [0.25, 0.3) is 0 Å². The van der Waals surface area contributed by atoms with Crippen LogP contribution in [0.5, 0.6) is 0 Å². The highest BCUT2D eigenvalue weighted by Gasteiger charge is 2.10. The second-order valence-corrected chi connectivity index (χ2v) is 16.4. The van der Waals surface area contributed by atoms with Crippen LogP contribution in [-0.4, -0.2) is 41.4 Å². The van der Waals surface area contributed by atoms with E-state index in [9.17, 15) is 5.11 Å². The molecule has 0 aliphatic carbocycles. The van der Waals surface area contributed by atoms with Gasteiger partial charge < -0.3 is 33.8 Å². The highest BCUT2D eigenvalue weighted by atomic mass is 16.3. The topological polar surface area (TPSA) is 150 Å². The number of aliphatic hydroxyl groups excluding tert-OH is 1. The maximum absolute atomic E-state index is 10.1. The van der Waals surface area contributed by atoms with Gasteiger partial charge in [0, 0.05) is 30.2 Å². The number of unbranched alkanes of at least 4 members (excludes halogenated alkanes) is 18. The summed E-state index contributed by atoms with van der Waals surface area (Å²) in [6.45, 7) is 4.41. The van der Waals surface area contributed by atoms with E-state index < -0.39 is 0 Å². The van der Waals surface area contributed by atoms with Gasteiger partial charge in [0.2, 0.25) is 0 Å². The summed E-state index contributed by atoms with van der Waals surface area (Å²) in [5, 5.41) is 10.1. The molecule has 296 valence electrons. The van der Waals surface area contributed by atoms with Gasteiger partial charge in [-0.15, -0.1) is 0 Å². The maximum atomic E-state index is 10.1. The molecule has 49 heavy (non-hydrogen) atoms. The lowest BCUT2D eigenvalue weighted by Gasteiger charge is -2.15. The van der Waals surface area contributed by atoms with E-state index in [1.165, 1.54) is 186 Å². The summed E-state index contributed by atoms with van der Waals surface area (Å²) in [5.74, 6) is 0. The highest BCUT2D eigenvalue weighted by molar-refractivity contribution is 4.68. The zero-order chi connectivity index (χ0) is 36.2. The van der Waals surface area contributed by atoms with Crippen LogP contribution in [0, 0.1) is 0 Å². The molecule has 11 N–H and O–H groups in total. The van der Waals surface area contributed by atoms with Crippen molar-refractivity contribution in [2.24, 2.45) is 28.7 Å². The quantitative estimate of drug-likeness (QED) is 0.0351.